The lowest BCUT2D eigenvalue weighted by molar-refractivity contribution is 0.892. The predicted octanol–water partition coefficient (Wildman–Crippen LogP) is 4.40. The fourth-order valence-electron chi connectivity index (χ4n) is 2.21. The van der Waals surface area contributed by atoms with E-state index in [0.29, 0.717) is 12.3 Å². The molecule has 1 N–H and O–H groups in total. The predicted molar refractivity (Wildman–Crippen MR) is 85.5 cm³/mol. The average Bonchev–Trinajstić information content (AvgIpc) is 3.25. The SMILES string of the molecule is CNc1nc(Cc2cccc(Cl)c2)nc(C2CC2)c1Br. The first-order valence-electron chi connectivity index (χ1n) is 6.66. The summed E-state index contributed by atoms with van der Waals surface area (Å²) in [5.41, 5.74) is 2.25. The van der Waals surface area contributed by atoms with Gasteiger partial charge in [-0.3, -0.25) is 0 Å². The smallest absolute Gasteiger partial charge is 0.144 e. The van der Waals surface area contributed by atoms with E-state index in [4.69, 9.17) is 16.6 Å². The second-order valence-electron chi connectivity index (χ2n) is 5.02. The third kappa shape index (κ3) is 2.96. The van der Waals surface area contributed by atoms with Crippen LogP contribution in [-0.4, -0.2) is 17.0 Å². The van der Waals surface area contributed by atoms with E-state index in [1.807, 2.05) is 31.3 Å². The van der Waals surface area contributed by atoms with Gasteiger partial charge in [0.15, 0.2) is 0 Å². The Kier molecular flexibility index (Phi) is 3.94. The minimum Gasteiger partial charge on any atom is -0.372 e. The molecule has 0 saturated heterocycles. The molecule has 1 aliphatic rings. The fraction of sp³-hybridized carbons (Fsp3) is 0.333. The van der Waals surface area contributed by atoms with E-state index in [2.05, 4.69) is 26.2 Å². The van der Waals surface area contributed by atoms with Gasteiger partial charge in [0.1, 0.15) is 11.6 Å². The van der Waals surface area contributed by atoms with Crippen LogP contribution in [-0.2, 0) is 6.42 Å². The van der Waals surface area contributed by atoms with Crippen molar-refractivity contribution in [1.82, 2.24) is 9.97 Å². The van der Waals surface area contributed by atoms with Crippen LogP contribution in [0.3, 0.4) is 0 Å². The van der Waals surface area contributed by atoms with E-state index in [1.54, 1.807) is 0 Å². The summed E-state index contributed by atoms with van der Waals surface area (Å²) in [7, 11) is 1.88. The number of rotatable bonds is 4. The molecule has 0 amide bonds. The molecule has 1 aromatic carbocycles. The molecule has 3 nitrogen and oxygen atoms in total. The minimum absolute atomic E-state index is 0.581. The maximum Gasteiger partial charge on any atom is 0.144 e. The van der Waals surface area contributed by atoms with Gasteiger partial charge in [-0.1, -0.05) is 23.7 Å². The molecule has 104 valence electrons. The van der Waals surface area contributed by atoms with Crippen molar-refractivity contribution in [2.45, 2.75) is 25.2 Å². The Bertz CT molecular complexity index is 641. The summed E-state index contributed by atoms with van der Waals surface area (Å²) in [5.74, 6) is 2.28. The second kappa shape index (κ2) is 5.70. The number of hydrogen-bond donors (Lipinski definition) is 1. The molecule has 0 atom stereocenters. The molecule has 1 heterocycles. The van der Waals surface area contributed by atoms with Gasteiger partial charge in [0.2, 0.25) is 0 Å². The number of anilines is 1. The van der Waals surface area contributed by atoms with Gasteiger partial charge in [0.25, 0.3) is 0 Å². The third-order valence-corrected chi connectivity index (χ3v) is 4.39. The van der Waals surface area contributed by atoms with Gasteiger partial charge in [-0.2, -0.15) is 0 Å². The first-order valence-corrected chi connectivity index (χ1v) is 7.83. The zero-order valence-corrected chi connectivity index (χ0v) is 13.5. The van der Waals surface area contributed by atoms with Crippen molar-refractivity contribution in [2.75, 3.05) is 12.4 Å². The number of hydrogen-bond acceptors (Lipinski definition) is 3. The Morgan fingerprint density at radius 2 is 2.15 bits per heavy atom. The van der Waals surface area contributed by atoms with Crippen LogP contribution in [0.1, 0.15) is 35.8 Å². The quantitative estimate of drug-likeness (QED) is 0.886. The third-order valence-electron chi connectivity index (χ3n) is 3.38. The van der Waals surface area contributed by atoms with Crippen molar-refractivity contribution in [2.24, 2.45) is 0 Å². The molecular weight excluding hydrogens is 338 g/mol. The largest absolute Gasteiger partial charge is 0.372 e. The van der Waals surface area contributed by atoms with Crippen molar-refractivity contribution in [3.05, 3.63) is 50.8 Å². The molecule has 2 aromatic rings. The number of halogens is 2. The summed E-state index contributed by atoms with van der Waals surface area (Å²) in [6.45, 7) is 0. The molecule has 1 fully saturated rings. The monoisotopic (exact) mass is 351 g/mol. The van der Waals surface area contributed by atoms with E-state index in [1.165, 1.54) is 12.8 Å². The highest BCUT2D eigenvalue weighted by atomic mass is 79.9. The Morgan fingerprint density at radius 3 is 2.80 bits per heavy atom. The highest BCUT2D eigenvalue weighted by Gasteiger charge is 2.29. The maximum absolute atomic E-state index is 6.03. The Balaban J connectivity index is 1.94. The van der Waals surface area contributed by atoms with Crippen LogP contribution in [0, 0.1) is 0 Å². The molecule has 0 spiro atoms. The van der Waals surface area contributed by atoms with Crippen molar-refractivity contribution < 1.29 is 0 Å². The topological polar surface area (TPSA) is 37.8 Å². The normalized spacial score (nSPS) is 14.3. The first-order chi connectivity index (χ1) is 9.67. The van der Waals surface area contributed by atoms with Crippen LogP contribution >= 0.6 is 27.5 Å². The van der Waals surface area contributed by atoms with Crippen molar-refractivity contribution in [3.63, 3.8) is 0 Å². The standard InChI is InChI=1S/C15H15BrClN3/c1-18-15-13(16)14(10-5-6-10)19-12(20-15)8-9-3-2-4-11(17)7-9/h2-4,7,10H,5-6,8H2,1H3,(H,18,19,20). The molecule has 0 bridgehead atoms. The maximum atomic E-state index is 6.03. The van der Waals surface area contributed by atoms with E-state index < -0.39 is 0 Å². The summed E-state index contributed by atoms with van der Waals surface area (Å²) in [6, 6.07) is 7.84. The Morgan fingerprint density at radius 1 is 1.35 bits per heavy atom. The zero-order valence-electron chi connectivity index (χ0n) is 11.2. The lowest BCUT2D eigenvalue weighted by Crippen LogP contribution is -2.06. The van der Waals surface area contributed by atoms with Crippen LogP contribution < -0.4 is 5.32 Å². The fourth-order valence-corrected chi connectivity index (χ4v) is 3.13. The number of nitrogens with zero attached hydrogens (tertiary/aromatic N) is 2. The van der Waals surface area contributed by atoms with E-state index >= 15 is 0 Å². The van der Waals surface area contributed by atoms with Gasteiger partial charge in [-0.25, -0.2) is 9.97 Å². The van der Waals surface area contributed by atoms with Gasteiger partial charge in [-0.15, -0.1) is 0 Å². The van der Waals surface area contributed by atoms with E-state index in [9.17, 15) is 0 Å². The van der Waals surface area contributed by atoms with Crippen LogP contribution in [0.15, 0.2) is 28.7 Å². The number of nitrogens with one attached hydrogen (secondary N) is 1. The van der Waals surface area contributed by atoms with Crippen LogP contribution in [0.25, 0.3) is 0 Å². The summed E-state index contributed by atoms with van der Waals surface area (Å²) < 4.78 is 0.998. The minimum atomic E-state index is 0.581. The van der Waals surface area contributed by atoms with Crippen LogP contribution in [0.4, 0.5) is 5.82 Å². The summed E-state index contributed by atoms with van der Waals surface area (Å²) in [5, 5.41) is 3.88. The molecule has 5 heteroatoms. The molecule has 0 radical (unpaired) electrons. The molecule has 20 heavy (non-hydrogen) atoms. The lowest BCUT2D eigenvalue weighted by atomic mass is 10.1. The highest BCUT2D eigenvalue weighted by molar-refractivity contribution is 9.10. The van der Waals surface area contributed by atoms with Crippen molar-refractivity contribution in [3.8, 4) is 0 Å². The molecule has 0 unspecified atom stereocenters. The van der Waals surface area contributed by atoms with Gasteiger partial charge < -0.3 is 5.32 Å². The molecule has 0 aliphatic heterocycles. The molecular formula is C15H15BrClN3. The summed E-state index contributed by atoms with van der Waals surface area (Å²) in [4.78, 5) is 9.30. The Hall–Kier alpha value is -1.13. The second-order valence-corrected chi connectivity index (χ2v) is 6.25. The van der Waals surface area contributed by atoms with Crippen LogP contribution in [0.2, 0.25) is 5.02 Å². The van der Waals surface area contributed by atoms with E-state index in [0.717, 1.165) is 32.4 Å². The average molecular weight is 353 g/mol. The lowest BCUT2D eigenvalue weighted by Gasteiger charge is -2.10. The molecule has 1 aliphatic carbocycles. The van der Waals surface area contributed by atoms with Gasteiger partial charge in [-0.05, 0) is 46.5 Å². The Labute approximate surface area is 131 Å². The van der Waals surface area contributed by atoms with Gasteiger partial charge in [0.05, 0.1) is 10.2 Å². The summed E-state index contributed by atoms with van der Waals surface area (Å²) in [6.07, 6.45) is 3.13. The van der Waals surface area contributed by atoms with Gasteiger partial charge >= 0.3 is 0 Å². The molecule has 1 saturated carbocycles. The summed E-state index contributed by atoms with van der Waals surface area (Å²) >= 11 is 9.63. The number of aromatic nitrogens is 2. The molecule has 1 aromatic heterocycles. The van der Waals surface area contributed by atoms with Gasteiger partial charge in [0, 0.05) is 24.4 Å². The van der Waals surface area contributed by atoms with Crippen molar-refractivity contribution >= 4 is 33.3 Å². The van der Waals surface area contributed by atoms with Crippen LogP contribution in [0.5, 0.6) is 0 Å². The highest BCUT2D eigenvalue weighted by Crippen LogP contribution is 2.43. The zero-order chi connectivity index (χ0) is 14.1. The van der Waals surface area contributed by atoms with Crippen molar-refractivity contribution in [1.29, 1.82) is 0 Å². The number of benzene rings is 1. The first kappa shape index (κ1) is 13.8. The molecule has 3 rings (SSSR count). The van der Waals surface area contributed by atoms with E-state index in [-0.39, 0.29) is 0 Å².